The van der Waals surface area contributed by atoms with Crippen LogP contribution in [-0.2, 0) is 6.54 Å². The predicted octanol–water partition coefficient (Wildman–Crippen LogP) is 3.26. The van der Waals surface area contributed by atoms with Crippen molar-refractivity contribution in [2.75, 3.05) is 16.9 Å². The SMILES string of the molecule is CSc1nc(N)cc(N(Cc2cccs2)C(C)C)n1. The highest BCUT2D eigenvalue weighted by Crippen LogP contribution is 2.23. The number of nitrogen functional groups attached to an aromatic ring is 1. The van der Waals surface area contributed by atoms with Crippen LogP contribution in [0.4, 0.5) is 11.6 Å². The van der Waals surface area contributed by atoms with E-state index < -0.39 is 0 Å². The van der Waals surface area contributed by atoms with Gasteiger partial charge >= 0.3 is 0 Å². The highest BCUT2D eigenvalue weighted by molar-refractivity contribution is 7.98. The van der Waals surface area contributed by atoms with Crippen LogP contribution in [0.1, 0.15) is 18.7 Å². The van der Waals surface area contributed by atoms with Gasteiger partial charge in [0, 0.05) is 17.0 Å². The molecule has 0 spiro atoms. The normalized spacial score (nSPS) is 10.9. The lowest BCUT2D eigenvalue weighted by Gasteiger charge is -2.27. The van der Waals surface area contributed by atoms with Crippen LogP contribution < -0.4 is 10.6 Å². The van der Waals surface area contributed by atoms with E-state index in [9.17, 15) is 0 Å². The molecule has 102 valence electrons. The Balaban J connectivity index is 2.30. The van der Waals surface area contributed by atoms with Crippen molar-refractivity contribution in [2.24, 2.45) is 0 Å². The maximum atomic E-state index is 5.86. The lowest BCUT2D eigenvalue weighted by Crippen LogP contribution is -2.30. The quantitative estimate of drug-likeness (QED) is 0.677. The fourth-order valence-electron chi connectivity index (χ4n) is 1.77. The molecule has 0 bridgehead atoms. The molecule has 19 heavy (non-hydrogen) atoms. The van der Waals surface area contributed by atoms with Gasteiger partial charge in [-0.25, -0.2) is 9.97 Å². The molecule has 0 fully saturated rings. The number of hydrogen-bond acceptors (Lipinski definition) is 6. The molecule has 0 aliphatic heterocycles. The third kappa shape index (κ3) is 3.61. The molecule has 0 aliphatic carbocycles. The first-order valence-electron chi connectivity index (χ1n) is 6.07. The third-order valence-corrected chi connectivity index (χ3v) is 4.13. The summed E-state index contributed by atoms with van der Waals surface area (Å²) in [6.45, 7) is 5.16. The second-order valence-electron chi connectivity index (χ2n) is 4.44. The Morgan fingerprint density at radius 1 is 1.42 bits per heavy atom. The molecule has 0 saturated carbocycles. The summed E-state index contributed by atoms with van der Waals surface area (Å²) in [5.41, 5.74) is 5.86. The summed E-state index contributed by atoms with van der Waals surface area (Å²) >= 11 is 3.26. The summed E-state index contributed by atoms with van der Waals surface area (Å²) in [7, 11) is 0. The minimum atomic E-state index is 0.353. The van der Waals surface area contributed by atoms with Crippen LogP contribution in [0.25, 0.3) is 0 Å². The minimum absolute atomic E-state index is 0.353. The van der Waals surface area contributed by atoms with Crippen LogP contribution in [0.15, 0.2) is 28.7 Å². The molecule has 2 rings (SSSR count). The van der Waals surface area contributed by atoms with E-state index in [1.54, 1.807) is 11.3 Å². The fourth-order valence-corrected chi connectivity index (χ4v) is 2.85. The van der Waals surface area contributed by atoms with Crippen molar-refractivity contribution in [3.05, 3.63) is 28.5 Å². The molecule has 0 aromatic carbocycles. The summed E-state index contributed by atoms with van der Waals surface area (Å²) in [4.78, 5) is 12.3. The van der Waals surface area contributed by atoms with Gasteiger partial charge in [0.2, 0.25) is 0 Å². The number of hydrogen-bond donors (Lipinski definition) is 1. The molecule has 0 aliphatic rings. The van der Waals surface area contributed by atoms with E-state index in [0.717, 1.165) is 12.4 Å². The summed E-state index contributed by atoms with van der Waals surface area (Å²) < 4.78 is 0. The van der Waals surface area contributed by atoms with Crippen LogP contribution in [0.2, 0.25) is 0 Å². The molecule has 6 heteroatoms. The van der Waals surface area contributed by atoms with Crippen LogP contribution in [0.5, 0.6) is 0 Å². The molecule has 2 aromatic rings. The Kier molecular flexibility index (Phi) is 4.66. The fraction of sp³-hybridized carbons (Fsp3) is 0.385. The van der Waals surface area contributed by atoms with Crippen LogP contribution in [0.3, 0.4) is 0 Å². The van der Waals surface area contributed by atoms with Crippen molar-refractivity contribution >= 4 is 34.7 Å². The van der Waals surface area contributed by atoms with Gasteiger partial charge in [-0.2, -0.15) is 0 Å². The van der Waals surface area contributed by atoms with Crippen molar-refractivity contribution in [2.45, 2.75) is 31.6 Å². The van der Waals surface area contributed by atoms with Gasteiger partial charge in [0.25, 0.3) is 0 Å². The zero-order valence-corrected chi connectivity index (χ0v) is 13.0. The van der Waals surface area contributed by atoms with Crippen molar-refractivity contribution in [1.29, 1.82) is 0 Å². The summed E-state index contributed by atoms with van der Waals surface area (Å²) in [6, 6.07) is 6.40. The van der Waals surface area contributed by atoms with Gasteiger partial charge < -0.3 is 10.6 Å². The Bertz CT molecular complexity index is 525. The first-order chi connectivity index (χ1) is 9.10. The van der Waals surface area contributed by atoms with E-state index in [0.29, 0.717) is 17.0 Å². The average molecular weight is 294 g/mol. The van der Waals surface area contributed by atoms with Gasteiger partial charge in [-0.1, -0.05) is 17.8 Å². The highest BCUT2D eigenvalue weighted by Gasteiger charge is 2.15. The molecule has 0 unspecified atom stereocenters. The molecular formula is C13H18N4S2. The van der Waals surface area contributed by atoms with Crippen molar-refractivity contribution in [1.82, 2.24) is 9.97 Å². The molecule has 0 atom stereocenters. The number of aromatic nitrogens is 2. The number of thioether (sulfide) groups is 1. The lowest BCUT2D eigenvalue weighted by atomic mass is 10.3. The average Bonchev–Trinajstić information content (AvgIpc) is 2.87. The first kappa shape index (κ1) is 14.1. The summed E-state index contributed by atoms with van der Waals surface area (Å²) in [5, 5.41) is 2.81. The lowest BCUT2D eigenvalue weighted by molar-refractivity contribution is 0.670. The second-order valence-corrected chi connectivity index (χ2v) is 6.24. The van der Waals surface area contributed by atoms with Crippen LogP contribution in [0, 0.1) is 0 Å². The zero-order chi connectivity index (χ0) is 13.8. The number of nitrogens with zero attached hydrogens (tertiary/aromatic N) is 3. The van der Waals surface area contributed by atoms with E-state index in [1.165, 1.54) is 16.6 Å². The molecule has 2 aromatic heterocycles. The summed E-state index contributed by atoms with van der Waals surface area (Å²) in [6.07, 6.45) is 1.96. The molecule has 4 nitrogen and oxygen atoms in total. The van der Waals surface area contributed by atoms with Crippen LogP contribution >= 0.6 is 23.1 Å². The van der Waals surface area contributed by atoms with E-state index in [4.69, 9.17) is 5.73 Å². The maximum absolute atomic E-state index is 5.86. The maximum Gasteiger partial charge on any atom is 0.191 e. The Labute approximate surface area is 122 Å². The molecule has 0 saturated heterocycles. The molecule has 2 N–H and O–H groups in total. The third-order valence-electron chi connectivity index (χ3n) is 2.72. The van der Waals surface area contributed by atoms with Crippen molar-refractivity contribution in [3.63, 3.8) is 0 Å². The summed E-state index contributed by atoms with van der Waals surface area (Å²) in [5.74, 6) is 1.41. The van der Waals surface area contributed by atoms with E-state index in [1.807, 2.05) is 12.3 Å². The van der Waals surface area contributed by atoms with Gasteiger partial charge in [0.05, 0.1) is 6.54 Å². The number of anilines is 2. The van der Waals surface area contributed by atoms with Gasteiger partial charge in [0.1, 0.15) is 11.6 Å². The van der Waals surface area contributed by atoms with Gasteiger partial charge in [-0.05, 0) is 31.5 Å². The highest BCUT2D eigenvalue weighted by atomic mass is 32.2. The molecule has 0 radical (unpaired) electrons. The number of rotatable bonds is 5. The molecule has 0 amide bonds. The van der Waals surface area contributed by atoms with Crippen molar-refractivity contribution in [3.8, 4) is 0 Å². The van der Waals surface area contributed by atoms with E-state index in [2.05, 4.69) is 46.2 Å². The van der Waals surface area contributed by atoms with E-state index in [-0.39, 0.29) is 0 Å². The monoisotopic (exact) mass is 294 g/mol. The molecular weight excluding hydrogens is 276 g/mol. The zero-order valence-electron chi connectivity index (χ0n) is 11.3. The largest absolute Gasteiger partial charge is 0.383 e. The Morgan fingerprint density at radius 3 is 2.79 bits per heavy atom. The Hall–Kier alpha value is -1.27. The standard InChI is InChI=1S/C13H18N4S2/c1-9(2)17(8-10-5-4-6-19-10)12-7-11(14)15-13(16-12)18-3/h4-7,9H,8H2,1-3H3,(H2,14,15,16). The van der Waals surface area contributed by atoms with Crippen LogP contribution in [-0.4, -0.2) is 22.3 Å². The predicted molar refractivity (Wildman–Crippen MR) is 83.9 cm³/mol. The molecule has 2 heterocycles. The second kappa shape index (κ2) is 6.25. The van der Waals surface area contributed by atoms with E-state index >= 15 is 0 Å². The Morgan fingerprint density at radius 2 is 2.21 bits per heavy atom. The van der Waals surface area contributed by atoms with Gasteiger partial charge in [0.15, 0.2) is 5.16 Å². The number of thiophene rings is 1. The van der Waals surface area contributed by atoms with Gasteiger partial charge in [-0.3, -0.25) is 0 Å². The van der Waals surface area contributed by atoms with Crippen molar-refractivity contribution < 1.29 is 0 Å². The minimum Gasteiger partial charge on any atom is -0.383 e. The number of nitrogens with two attached hydrogens (primary N) is 1. The topological polar surface area (TPSA) is 55.0 Å². The smallest absolute Gasteiger partial charge is 0.191 e. The van der Waals surface area contributed by atoms with Gasteiger partial charge in [-0.15, -0.1) is 11.3 Å². The first-order valence-corrected chi connectivity index (χ1v) is 8.18.